The number of aromatic hydroxyl groups is 1. The van der Waals surface area contributed by atoms with Crippen molar-refractivity contribution in [3.63, 3.8) is 0 Å². The van der Waals surface area contributed by atoms with Crippen LogP contribution in [0.15, 0.2) is 24.3 Å². The van der Waals surface area contributed by atoms with Crippen molar-refractivity contribution in [2.75, 3.05) is 12.4 Å². The van der Waals surface area contributed by atoms with E-state index in [1.54, 1.807) is 12.1 Å². The summed E-state index contributed by atoms with van der Waals surface area (Å²) in [5.74, 6) is 0.369. The molecular weight excluding hydrogens is 243 g/mol. The van der Waals surface area contributed by atoms with Crippen LogP contribution in [0.25, 0.3) is 0 Å². The standard InChI is InChI=1S/C9H12O5S.Na.H/c10-8-2-4-9(5-3-8)14-6-1-7-15(11,12)13;;/h2-5,10H,1,6-7H2,(H,11,12,13);;/q;+1;-1. The third-order valence-corrected chi connectivity index (χ3v) is 2.46. The summed E-state index contributed by atoms with van der Waals surface area (Å²) in [7, 11) is -3.91. The summed E-state index contributed by atoms with van der Waals surface area (Å²) in [6, 6.07) is 6.09. The first-order valence-electron chi connectivity index (χ1n) is 4.34. The molecular formula is C9H13NaO5S. The summed E-state index contributed by atoms with van der Waals surface area (Å²) in [6.45, 7) is 0.199. The number of phenolic OH excluding ortho intramolecular Hbond substituents is 1. The maximum atomic E-state index is 10.4. The van der Waals surface area contributed by atoms with E-state index in [-0.39, 0.29) is 55.5 Å². The van der Waals surface area contributed by atoms with Gasteiger partial charge in [-0.15, -0.1) is 0 Å². The predicted octanol–water partition coefficient (Wildman–Crippen LogP) is -1.83. The zero-order chi connectivity index (χ0) is 11.3. The molecule has 0 aliphatic heterocycles. The monoisotopic (exact) mass is 256 g/mol. The second-order valence-electron chi connectivity index (χ2n) is 2.98. The summed E-state index contributed by atoms with van der Waals surface area (Å²) in [4.78, 5) is 0. The molecule has 0 radical (unpaired) electrons. The molecule has 1 aromatic rings. The molecule has 0 aliphatic rings. The van der Waals surface area contributed by atoms with Crippen LogP contribution in [0.4, 0.5) is 0 Å². The van der Waals surface area contributed by atoms with Gasteiger partial charge in [0, 0.05) is 0 Å². The Labute approximate surface area is 118 Å². The third kappa shape index (κ3) is 7.08. The first-order valence-corrected chi connectivity index (χ1v) is 5.95. The maximum absolute atomic E-state index is 10.4. The summed E-state index contributed by atoms with van der Waals surface area (Å²) >= 11 is 0. The minimum Gasteiger partial charge on any atom is -1.00 e. The van der Waals surface area contributed by atoms with E-state index in [0.29, 0.717) is 5.75 Å². The van der Waals surface area contributed by atoms with Crippen LogP contribution in [0.2, 0.25) is 0 Å². The van der Waals surface area contributed by atoms with Gasteiger partial charge in [-0.3, -0.25) is 4.55 Å². The molecule has 0 unspecified atom stereocenters. The van der Waals surface area contributed by atoms with E-state index in [0.717, 1.165) is 0 Å². The van der Waals surface area contributed by atoms with Gasteiger partial charge in [0.05, 0.1) is 12.4 Å². The van der Waals surface area contributed by atoms with Crippen molar-refractivity contribution < 1.29 is 53.8 Å². The average molecular weight is 256 g/mol. The second-order valence-corrected chi connectivity index (χ2v) is 4.55. The summed E-state index contributed by atoms with van der Waals surface area (Å²) < 4.78 is 34.3. The van der Waals surface area contributed by atoms with Gasteiger partial charge in [0.2, 0.25) is 0 Å². The number of benzene rings is 1. The quantitative estimate of drug-likeness (QED) is 0.368. The Kier molecular flexibility index (Phi) is 7.01. The Bertz CT molecular complexity index is 406. The molecule has 1 rings (SSSR count). The van der Waals surface area contributed by atoms with Crippen molar-refractivity contribution in [2.24, 2.45) is 0 Å². The van der Waals surface area contributed by atoms with Crippen LogP contribution in [0.5, 0.6) is 11.5 Å². The van der Waals surface area contributed by atoms with E-state index in [9.17, 15) is 8.42 Å². The first-order chi connectivity index (χ1) is 6.97. The van der Waals surface area contributed by atoms with Crippen LogP contribution in [0.3, 0.4) is 0 Å². The number of ether oxygens (including phenoxy) is 1. The van der Waals surface area contributed by atoms with Gasteiger partial charge in [0.25, 0.3) is 10.1 Å². The van der Waals surface area contributed by atoms with E-state index in [1.807, 2.05) is 0 Å². The fraction of sp³-hybridized carbons (Fsp3) is 0.333. The smallest absolute Gasteiger partial charge is 1.00 e. The van der Waals surface area contributed by atoms with Gasteiger partial charge in [-0.2, -0.15) is 8.42 Å². The van der Waals surface area contributed by atoms with Gasteiger partial charge in [-0.25, -0.2) is 0 Å². The molecule has 0 saturated carbocycles. The minimum atomic E-state index is -3.91. The normalized spacial score (nSPS) is 10.6. The zero-order valence-corrected chi connectivity index (χ0v) is 11.8. The maximum Gasteiger partial charge on any atom is 1.00 e. The number of phenols is 1. The van der Waals surface area contributed by atoms with Gasteiger partial charge in [-0.05, 0) is 30.7 Å². The topological polar surface area (TPSA) is 83.8 Å². The molecule has 16 heavy (non-hydrogen) atoms. The molecule has 0 bridgehead atoms. The molecule has 5 nitrogen and oxygen atoms in total. The predicted molar refractivity (Wildman–Crippen MR) is 55.7 cm³/mol. The van der Waals surface area contributed by atoms with Crippen molar-refractivity contribution in [1.29, 1.82) is 0 Å². The molecule has 0 saturated heterocycles. The molecule has 2 N–H and O–H groups in total. The van der Waals surface area contributed by atoms with Gasteiger partial charge in [0.1, 0.15) is 11.5 Å². The minimum absolute atomic E-state index is 0. The first kappa shape index (κ1) is 15.7. The SMILES string of the molecule is O=S(=O)(O)CCCOc1ccc(O)cc1.[H-].[Na+]. The molecule has 0 aromatic heterocycles. The van der Waals surface area contributed by atoms with Crippen LogP contribution < -0.4 is 34.3 Å². The molecule has 0 aliphatic carbocycles. The Morgan fingerprint density at radius 2 is 1.81 bits per heavy atom. The summed E-state index contributed by atoms with van der Waals surface area (Å²) in [5, 5.41) is 8.97. The average Bonchev–Trinajstić information content (AvgIpc) is 2.14. The Hall–Kier alpha value is -0.270. The van der Waals surface area contributed by atoms with Crippen LogP contribution in [-0.2, 0) is 10.1 Å². The molecule has 0 fully saturated rings. The van der Waals surface area contributed by atoms with E-state index < -0.39 is 10.1 Å². The molecule has 0 atom stereocenters. The Morgan fingerprint density at radius 3 is 2.31 bits per heavy atom. The van der Waals surface area contributed by atoms with Crippen molar-refractivity contribution in [3.8, 4) is 11.5 Å². The Balaban J connectivity index is 0. The molecule has 1 aromatic carbocycles. The van der Waals surface area contributed by atoms with Crippen LogP contribution in [-0.4, -0.2) is 30.4 Å². The van der Waals surface area contributed by atoms with Crippen LogP contribution >= 0.6 is 0 Å². The number of hydrogen-bond acceptors (Lipinski definition) is 4. The van der Waals surface area contributed by atoms with Crippen molar-refractivity contribution >= 4 is 10.1 Å². The van der Waals surface area contributed by atoms with Crippen LogP contribution in [0, 0.1) is 0 Å². The van der Waals surface area contributed by atoms with Crippen molar-refractivity contribution in [2.45, 2.75) is 6.42 Å². The summed E-state index contributed by atoms with van der Waals surface area (Å²) in [6.07, 6.45) is 0.222. The zero-order valence-electron chi connectivity index (χ0n) is 9.96. The largest absolute Gasteiger partial charge is 1.00 e. The second kappa shape index (κ2) is 7.13. The van der Waals surface area contributed by atoms with E-state index in [4.69, 9.17) is 14.4 Å². The van der Waals surface area contributed by atoms with E-state index >= 15 is 0 Å². The number of rotatable bonds is 5. The number of hydrogen-bond donors (Lipinski definition) is 2. The van der Waals surface area contributed by atoms with Crippen LogP contribution in [0.1, 0.15) is 7.85 Å². The van der Waals surface area contributed by atoms with Crippen molar-refractivity contribution in [1.82, 2.24) is 0 Å². The van der Waals surface area contributed by atoms with Gasteiger partial charge < -0.3 is 11.3 Å². The third-order valence-electron chi connectivity index (χ3n) is 1.65. The van der Waals surface area contributed by atoms with Gasteiger partial charge in [0.15, 0.2) is 0 Å². The molecule has 0 amide bonds. The van der Waals surface area contributed by atoms with Gasteiger partial charge in [-0.1, -0.05) is 0 Å². The van der Waals surface area contributed by atoms with E-state index in [1.165, 1.54) is 12.1 Å². The fourth-order valence-electron chi connectivity index (χ4n) is 0.974. The fourth-order valence-corrected chi connectivity index (χ4v) is 1.46. The summed E-state index contributed by atoms with van der Waals surface area (Å²) in [5.41, 5.74) is 0. The van der Waals surface area contributed by atoms with Crippen molar-refractivity contribution in [3.05, 3.63) is 24.3 Å². The molecule has 0 heterocycles. The molecule has 0 spiro atoms. The van der Waals surface area contributed by atoms with Gasteiger partial charge >= 0.3 is 29.6 Å². The molecule has 86 valence electrons. The van der Waals surface area contributed by atoms with E-state index in [2.05, 4.69) is 0 Å². The molecule has 7 heteroatoms. The Morgan fingerprint density at radius 1 is 1.25 bits per heavy atom.